The number of benzene rings is 1. The summed E-state index contributed by atoms with van der Waals surface area (Å²) in [7, 11) is 0. The summed E-state index contributed by atoms with van der Waals surface area (Å²) in [6.07, 6.45) is 5.33. The molecule has 2 N–H and O–H groups in total. The highest BCUT2D eigenvalue weighted by molar-refractivity contribution is 5.68. The van der Waals surface area contributed by atoms with Crippen LogP contribution in [0, 0.1) is 0 Å². The van der Waals surface area contributed by atoms with Gasteiger partial charge in [0.25, 0.3) is 0 Å². The monoisotopic (exact) mass is 330 g/mol. The second-order valence-electron chi connectivity index (χ2n) is 8.23. The Balaban J connectivity index is 1.44. The maximum absolute atomic E-state index is 12.0. The highest BCUT2D eigenvalue weighted by atomic mass is 16.6. The molecule has 2 aliphatic carbocycles. The molecule has 1 amide bonds. The fraction of sp³-hybridized carbons (Fsp3) is 0.650. The molecule has 24 heavy (non-hydrogen) atoms. The number of amides is 1. The average molecular weight is 330 g/mol. The van der Waals surface area contributed by atoms with Gasteiger partial charge in [-0.25, -0.2) is 4.79 Å². The van der Waals surface area contributed by atoms with Crippen molar-refractivity contribution < 1.29 is 9.53 Å². The normalized spacial score (nSPS) is 29.8. The maximum Gasteiger partial charge on any atom is 0.407 e. The first kappa shape index (κ1) is 17.3. The second-order valence-corrected chi connectivity index (χ2v) is 8.23. The lowest BCUT2D eigenvalue weighted by molar-refractivity contribution is 0.0488. The van der Waals surface area contributed by atoms with Gasteiger partial charge in [0.2, 0.25) is 0 Å². The molecule has 4 nitrogen and oxygen atoms in total. The molecule has 0 bridgehead atoms. The third kappa shape index (κ3) is 4.97. The van der Waals surface area contributed by atoms with E-state index < -0.39 is 5.60 Å². The summed E-state index contributed by atoms with van der Waals surface area (Å²) in [4.78, 5) is 12.0. The van der Waals surface area contributed by atoms with E-state index >= 15 is 0 Å². The number of carbonyl (C=O) groups is 1. The fourth-order valence-corrected chi connectivity index (χ4v) is 3.70. The van der Waals surface area contributed by atoms with Crippen LogP contribution in [0.5, 0.6) is 0 Å². The molecule has 4 heteroatoms. The molecule has 4 atom stereocenters. The molecule has 0 aliphatic heterocycles. The van der Waals surface area contributed by atoms with Crippen LogP contribution in [0.4, 0.5) is 4.79 Å². The van der Waals surface area contributed by atoms with Gasteiger partial charge >= 0.3 is 6.09 Å². The first-order chi connectivity index (χ1) is 11.4. The van der Waals surface area contributed by atoms with E-state index in [0.717, 1.165) is 19.3 Å². The van der Waals surface area contributed by atoms with Crippen LogP contribution in [0.3, 0.4) is 0 Å². The number of ether oxygens (including phenoxy) is 1. The van der Waals surface area contributed by atoms with Crippen LogP contribution in [0.25, 0.3) is 0 Å². The maximum atomic E-state index is 12.0. The van der Waals surface area contributed by atoms with E-state index in [2.05, 4.69) is 41.0 Å². The molecule has 1 aromatic carbocycles. The van der Waals surface area contributed by atoms with Gasteiger partial charge < -0.3 is 15.4 Å². The summed E-state index contributed by atoms with van der Waals surface area (Å²) in [6, 6.07) is 12.1. The van der Waals surface area contributed by atoms with Gasteiger partial charge in [0.15, 0.2) is 0 Å². The fourth-order valence-electron chi connectivity index (χ4n) is 3.70. The number of rotatable bonds is 4. The predicted molar refractivity (Wildman–Crippen MR) is 96.1 cm³/mol. The SMILES string of the molecule is CC(C)(C)OC(=O)NC1CCCC(NC2CC2c2ccccc2)C1. The van der Waals surface area contributed by atoms with Gasteiger partial charge in [-0.3, -0.25) is 0 Å². The zero-order chi connectivity index (χ0) is 17.2. The van der Waals surface area contributed by atoms with Crippen molar-refractivity contribution in [1.29, 1.82) is 0 Å². The molecule has 3 rings (SSSR count). The van der Waals surface area contributed by atoms with E-state index in [-0.39, 0.29) is 12.1 Å². The van der Waals surface area contributed by atoms with Crippen LogP contribution < -0.4 is 10.6 Å². The molecule has 2 aliphatic rings. The Morgan fingerprint density at radius 3 is 2.50 bits per heavy atom. The Morgan fingerprint density at radius 1 is 1.08 bits per heavy atom. The minimum Gasteiger partial charge on any atom is -0.444 e. The highest BCUT2D eigenvalue weighted by Crippen LogP contribution is 2.41. The summed E-state index contributed by atoms with van der Waals surface area (Å²) in [5.74, 6) is 0.658. The van der Waals surface area contributed by atoms with Crippen molar-refractivity contribution in [2.75, 3.05) is 0 Å². The van der Waals surface area contributed by atoms with Crippen molar-refractivity contribution in [3.8, 4) is 0 Å². The number of hydrogen-bond acceptors (Lipinski definition) is 3. The standard InChI is InChI=1S/C20H30N2O2/c1-20(2,3)24-19(23)22-16-11-7-10-15(12-16)21-18-13-17(18)14-8-5-4-6-9-14/h4-6,8-9,15-18,21H,7,10-13H2,1-3H3,(H,22,23). The van der Waals surface area contributed by atoms with Gasteiger partial charge in [-0.05, 0) is 58.4 Å². The summed E-state index contributed by atoms with van der Waals surface area (Å²) < 4.78 is 5.37. The van der Waals surface area contributed by atoms with Crippen molar-refractivity contribution in [2.24, 2.45) is 0 Å². The van der Waals surface area contributed by atoms with E-state index in [0.29, 0.717) is 18.0 Å². The quantitative estimate of drug-likeness (QED) is 0.878. The molecule has 2 fully saturated rings. The lowest BCUT2D eigenvalue weighted by atomic mass is 9.91. The lowest BCUT2D eigenvalue weighted by Gasteiger charge is -2.31. The molecule has 4 unspecified atom stereocenters. The average Bonchev–Trinajstić information content (AvgIpc) is 3.25. The summed E-state index contributed by atoms with van der Waals surface area (Å²) >= 11 is 0. The summed E-state index contributed by atoms with van der Waals surface area (Å²) in [6.45, 7) is 5.69. The lowest BCUT2D eigenvalue weighted by Crippen LogP contribution is -2.46. The second kappa shape index (κ2) is 7.14. The van der Waals surface area contributed by atoms with Crippen molar-refractivity contribution in [3.63, 3.8) is 0 Å². The van der Waals surface area contributed by atoms with Crippen LogP contribution in [0.2, 0.25) is 0 Å². The van der Waals surface area contributed by atoms with Crippen LogP contribution >= 0.6 is 0 Å². The predicted octanol–water partition coefficient (Wildman–Crippen LogP) is 3.97. The molecular weight excluding hydrogens is 300 g/mol. The van der Waals surface area contributed by atoms with Gasteiger partial charge in [0, 0.05) is 24.0 Å². The van der Waals surface area contributed by atoms with E-state index in [1.807, 2.05) is 20.8 Å². The third-order valence-electron chi connectivity index (χ3n) is 4.86. The molecule has 1 aromatic rings. The van der Waals surface area contributed by atoms with Crippen molar-refractivity contribution in [1.82, 2.24) is 10.6 Å². The largest absolute Gasteiger partial charge is 0.444 e. The Kier molecular flexibility index (Phi) is 5.14. The Morgan fingerprint density at radius 2 is 1.79 bits per heavy atom. The minimum atomic E-state index is -0.437. The number of alkyl carbamates (subject to hydrolysis) is 1. The van der Waals surface area contributed by atoms with Crippen LogP contribution in [0.1, 0.15) is 64.4 Å². The highest BCUT2D eigenvalue weighted by Gasteiger charge is 2.40. The van der Waals surface area contributed by atoms with Crippen molar-refractivity contribution >= 4 is 6.09 Å². The zero-order valence-corrected chi connectivity index (χ0v) is 15.0. The topological polar surface area (TPSA) is 50.4 Å². The smallest absolute Gasteiger partial charge is 0.407 e. The molecule has 132 valence electrons. The Bertz CT molecular complexity index is 553. The minimum absolute atomic E-state index is 0.222. The number of hydrogen-bond donors (Lipinski definition) is 2. The van der Waals surface area contributed by atoms with E-state index in [1.165, 1.54) is 18.4 Å². The first-order valence-electron chi connectivity index (χ1n) is 9.21. The van der Waals surface area contributed by atoms with E-state index in [1.54, 1.807) is 0 Å². The van der Waals surface area contributed by atoms with Crippen molar-refractivity contribution in [2.45, 2.75) is 82.5 Å². The van der Waals surface area contributed by atoms with Gasteiger partial charge in [0.1, 0.15) is 5.60 Å². The van der Waals surface area contributed by atoms with E-state index in [4.69, 9.17) is 4.74 Å². The molecule has 0 heterocycles. The van der Waals surface area contributed by atoms with Crippen LogP contribution in [-0.4, -0.2) is 29.8 Å². The molecule has 0 saturated heterocycles. The Hall–Kier alpha value is -1.55. The van der Waals surface area contributed by atoms with Gasteiger partial charge in [-0.2, -0.15) is 0 Å². The Labute approximate surface area is 145 Å². The van der Waals surface area contributed by atoms with Gasteiger partial charge in [0.05, 0.1) is 0 Å². The van der Waals surface area contributed by atoms with Crippen LogP contribution in [0.15, 0.2) is 30.3 Å². The summed E-state index contributed by atoms with van der Waals surface area (Å²) in [5, 5.41) is 6.84. The molecule has 2 saturated carbocycles. The molecule has 0 spiro atoms. The molecular formula is C20H30N2O2. The van der Waals surface area contributed by atoms with Crippen LogP contribution in [-0.2, 0) is 4.74 Å². The van der Waals surface area contributed by atoms with Crippen molar-refractivity contribution in [3.05, 3.63) is 35.9 Å². The number of nitrogens with one attached hydrogen (secondary N) is 2. The molecule has 0 aromatic heterocycles. The third-order valence-corrected chi connectivity index (χ3v) is 4.86. The van der Waals surface area contributed by atoms with E-state index in [9.17, 15) is 4.79 Å². The first-order valence-corrected chi connectivity index (χ1v) is 9.21. The summed E-state index contributed by atoms with van der Waals surface area (Å²) in [5.41, 5.74) is 1.00. The van der Waals surface area contributed by atoms with Gasteiger partial charge in [-0.1, -0.05) is 30.3 Å². The zero-order valence-electron chi connectivity index (χ0n) is 15.0. The molecule has 0 radical (unpaired) electrons. The number of carbonyl (C=O) groups excluding carboxylic acids is 1. The van der Waals surface area contributed by atoms with Gasteiger partial charge in [-0.15, -0.1) is 0 Å².